The van der Waals surface area contributed by atoms with Crippen LogP contribution in [0.3, 0.4) is 0 Å². The molecule has 2 rings (SSSR count). The van der Waals surface area contributed by atoms with E-state index < -0.39 is 11.7 Å². The van der Waals surface area contributed by atoms with Crippen LogP contribution < -0.4 is 4.90 Å². The van der Waals surface area contributed by atoms with E-state index in [2.05, 4.69) is 0 Å². The van der Waals surface area contributed by atoms with Crippen LogP contribution in [0.15, 0.2) is 24.3 Å². The Morgan fingerprint density at radius 3 is 2.35 bits per heavy atom. The molecule has 1 aliphatic rings. The van der Waals surface area contributed by atoms with Gasteiger partial charge < -0.3 is 9.80 Å². The minimum Gasteiger partial charge on any atom is -0.322 e. The molecule has 5 nitrogen and oxygen atoms in total. The fraction of sp³-hybridized carbons (Fsp3) is 0.400. The first-order valence-corrected chi connectivity index (χ1v) is 6.58. The molecule has 0 spiro atoms. The van der Waals surface area contributed by atoms with Crippen molar-refractivity contribution in [1.82, 2.24) is 4.90 Å². The molecule has 0 aromatic heterocycles. The molecule has 1 atom stereocenters. The van der Waals surface area contributed by atoms with Crippen molar-refractivity contribution in [3.8, 4) is 0 Å². The van der Waals surface area contributed by atoms with Crippen LogP contribution in [0.5, 0.6) is 0 Å². The Kier molecular flexibility index (Phi) is 3.88. The zero-order valence-electron chi connectivity index (χ0n) is 11.9. The minimum absolute atomic E-state index is 0.0482. The summed E-state index contributed by atoms with van der Waals surface area (Å²) in [5.41, 5.74) is 1.95. The van der Waals surface area contributed by atoms with Crippen molar-refractivity contribution in [1.29, 1.82) is 0 Å². The molecule has 1 aromatic carbocycles. The van der Waals surface area contributed by atoms with Crippen molar-refractivity contribution in [2.75, 3.05) is 18.0 Å². The number of anilines is 1. The molecule has 0 unspecified atom stereocenters. The van der Waals surface area contributed by atoms with Crippen LogP contribution in [-0.4, -0.2) is 41.6 Å². The first kappa shape index (κ1) is 14.2. The highest BCUT2D eigenvalue weighted by atomic mass is 16.2. The fourth-order valence-corrected chi connectivity index (χ4v) is 2.30. The standard InChI is InChI=1S/C15H18N2O3/c1-10-4-6-13(7-5-10)17-8-11(2)16(9-14(17)19)15(20)12(3)18/h4-7,11H,8-9H2,1-3H3/t11-/m0/s1. The average molecular weight is 274 g/mol. The number of Topliss-reactive ketones (excluding diaryl/α,β-unsaturated/α-hetero) is 1. The number of rotatable bonds is 2. The number of benzene rings is 1. The van der Waals surface area contributed by atoms with Gasteiger partial charge in [-0.15, -0.1) is 0 Å². The van der Waals surface area contributed by atoms with Gasteiger partial charge in [0.15, 0.2) is 0 Å². The van der Waals surface area contributed by atoms with Crippen LogP contribution in [0, 0.1) is 6.92 Å². The number of carbonyl (C=O) groups excluding carboxylic acids is 3. The van der Waals surface area contributed by atoms with Gasteiger partial charge in [0.25, 0.3) is 5.91 Å². The molecule has 106 valence electrons. The molecule has 1 aliphatic heterocycles. The number of piperazine rings is 1. The quantitative estimate of drug-likeness (QED) is 0.760. The van der Waals surface area contributed by atoms with Gasteiger partial charge in [-0.2, -0.15) is 0 Å². The highest BCUT2D eigenvalue weighted by Crippen LogP contribution is 2.20. The predicted octanol–water partition coefficient (Wildman–Crippen LogP) is 1.15. The Hall–Kier alpha value is -2.17. The maximum Gasteiger partial charge on any atom is 0.290 e. The van der Waals surface area contributed by atoms with Crippen LogP contribution in [0.2, 0.25) is 0 Å². The van der Waals surface area contributed by atoms with Gasteiger partial charge in [0.05, 0.1) is 0 Å². The summed E-state index contributed by atoms with van der Waals surface area (Å²) in [6.45, 7) is 5.41. The third kappa shape index (κ3) is 2.71. The van der Waals surface area contributed by atoms with Crippen molar-refractivity contribution in [3.63, 3.8) is 0 Å². The number of hydrogen-bond donors (Lipinski definition) is 0. The topological polar surface area (TPSA) is 57.7 Å². The van der Waals surface area contributed by atoms with Crippen LogP contribution in [0.1, 0.15) is 19.4 Å². The minimum atomic E-state index is -0.589. The second kappa shape index (κ2) is 5.45. The molecule has 1 saturated heterocycles. The highest BCUT2D eigenvalue weighted by Gasteiger charge is 2.34. The van der Waals surface area contributed by atoms with Gasteiger partial charge in [-0.3, -0.25) is 14.4 Å². The predicted molar refractivity (Wildman–Crippen MR) is 75.4 cm³/mol. The molecule has 20 heavy (non-hydrogen) atoms. The van der Waals surface area contributed by atoms with Crippen LogP contribution in [0.25, 0.3) is 0 Å². The van der Waals surface area contributed by atoms with Gasteiger partial charge in [0.2, 0.25) is 11.7 Å². The third-order valence-electron chi connectivity index (χ3n) is 3.49. The van der Waals surface area contributed by atoms with Gasteiger partial charge >= 0.3 is 0 Å². The molecule has 0 N–H and O–H groups in total. The van der Waals surface area contributed by atoms with Gasteiger partial charge in [-0.05, 0) is 26.0 Å². The lowest BCUT2D eigenvalue weighted by Gasteiger charge is -2.38. The number of nitrogens with zero attached hydrogens (tertiary/aromatic N) is 2. The third-order valence-corrected chi connectivity index (χ3v) is 3.49. The summed E-state index contributed by atoms with van der Waals surface area (Å²) >= 11 is 0. The van der Waals surface area contributed by atoms with Crippen molar-refractivity contribution in [2.24, 2.45) is 0 Å². The Morgan fingerprint density at radius 2 is 1.80 bits per heavy atom. The van der Waals surface area contributed by atoms with E-state index in [-0.39, 0.29) is 18.5 Å². The number of carbonyl (C=O) groups is 3. The zero-order valence-corrected chi connectivity index (χ0v) is 11.9. The molecular formula is C15H18N2O3. The monoisotopic (exact) mass is 274 g/mol. The van der Waals surface area contributed by atoms with E-state index in [0.717, 1.165) is 11.3 Å². The maximum absolute atomic E-state index is 12.2. The van der Waals surface area contributed by atoms with Gasteiger partial charge in [0.1, 0.15) is 6.54 Å². The lowest BCUT2D eigenvalue weighted by Crippen LogP contribution is -2.58. The fourth-order valence-electron chi connectivity index (χ4n) is 2.30. The lowest BCUT2D eigenvalue weighted by atomic mass is 10.1. The van der Waals surface area contributed by atoms with E-state index in [4.69, 9.17) is 0 Å². The Balaban J connectivity index is 2.18. The van der Waals surface area contributed by atoms with E-state index in [1.165, 1.54) is 11.8 Å². The number of aryl methyl sites for hydroxylation is 1. The zero-order chi connectivity index (χ0) is 14.9. The first-order chi connectivity index (χ1) is 9.40. The van der Waals surface area contributed by atoms with Crippen LogP contribution in [-0.2, 0) is 14.4 Å². The van der Waals surface area contributed by atoms with Crippen molar-refractivity contribution >= 4 is 23.3 Å². The van der Waals surface area contributed by atoms with E-state index in [1.807, 2.05) is 38.1 Å². The second-order valence-corrected chi connectivity index (χ2v) is 5.18. The summed E-state index contributed by atoms with van der Waals surface area (Å²) in [6, 6.07) is 7.50. The Bertz CT molecular complexity index is 551. The molecule has 5 heteroatoms. The molecular weight excluding hydrogens is 256 g/mol. The van der Waals surface area contributed by atoms with Gasteiger partial charge in [-0.1, -0.05) is 17.7 Å². The van der Waals surface area contributed by atoms with Crippen LogP contribution >= 0.6 is 0 Å². The van der Waals surface area contributed by atoms with E-state index in [9.17, 15) is 14.4 Å². The number of ketones is 1. The van der Waals surface area contributed by atoms with E-state index >= 15 is 0 Å². The average Bonchev–Trinajstić information content (AvgIpc) is 2.41. The maximum atomic E-state index is 12.2. The molecule has 1 heterocycles. The van der Waals surface area contributed by atoms with Crippen LogP contribution in [0.4, 0.5) is 5.69 Å². The lowest BCUT2D eigenvalue weighted by molar-refractivity contribution is -0.147. The molecule has 0 radical (unpaired) electrons. The molecule has 1 fully saturated rings. The van der Waals surface area contributed by atoms with Crippen molar-refractivity contribution in [2.45, 2.75) is 26.8 Å². The molecule has 0 aliphatic carbocycles. The molecule has 2 amide bonds. The molecule has 0 bridgehead atoms. The second-order valence-electron chi connectivity index (χ2n) is 5.18. The summed E-state index contributed by atoms with van der Waals surface area (Å²) < 4.78 is 0. The van der Waals surface area contributed by atoms with E-state index in [0.29, 0.717) is 6.54 Å². The highest BCUT2D eigenvalue weighted by molar-refractivity contribution is 6.35. The summed E-state index contributed by atoms with van der Waals surface area (Å²) in [5.74, 6) is -1.29. The first-order valence-electron chi connectivity index (χ1n) is 6.58. The molecule has 1 aromatic rings. The van der Waals surface area contributed by atoms with Crippen molar-refractivity contribution in [3.05, 3.63) is 29.8 Å². The summed E-state index contributed by atoms with van der Waals surface area (Å²) in [5, 5.41) is 0. The summed E-state index contributed by atoms with van der Waals surface area (Å²) in [4.78, 5) is 38.1. The summed E-state index contributed by atoms with van der Waals surface area (Å²) in [6.07, 6.45) is 0. The smallest absolute Gasteiger partial charge is 0.290 e. The van der Waals surface area contributed by atoms with Gasteiger partial charge in [-0.25, -0.2) is 0 Å². The Morgan fingerprint density at radius 1 is 1.20 bits per heavy atom. The SMILES string of the molecule is CC(=O)C(=O)N1CC(=O)N(c2ccc(C)cc2)C[C@@H]1C. The Labute approximate surface area is 118 Å². The normalized spacial score (nSPS) is 19.1. The van der Waals surface area contributed by atoms with E-state index in [1.54, 1.807) is 4.90 Å². The van der Waals surface area contributed by atoms with Gasteiger partial charge in [0, 0.05) is 25.2 Å². The largest absolute Gasteiger partial charge is 0.322 e. The number of hydrogen-bond acceptors (Lipinski definition) is 3. The van der Waals surface area contributed by atoms with Crippen molar-refractivity contribution < 1.29 is 14.4 Å². The summed E-state index contributed by atoms with van der Waals surface area (Å²) in [7, 11) is 0. The molecule has 0 saturated carbocycles. The number of amides is 2.